The Bertz CT molecular complexity index is 568. The van der Waals surface area contributed by atoms with E-state index in [2.05, 4.69) is 15.2 Å². The molecule has 0 aromatic heterocycles. The minimum atomic E-state index is -0.187. The highest BCUT2D eigenvalue weighted by Crippen LogP contribution is 2.07. The molecule has 0 saturated carbocycles. The molecule has 24 heavy (non-hydrogen) atoms. The van der Waals surface area contributed by atoms with Crippen LogP contribution in [0.15, 0.2) is 29.3 Å². The molecule has 1 saturated heterocycles. The normalized spacial score (nSPS) is 15.5. The van der Waals surface area contributed by atoms with Gasteiger partial charge in [0.05, 0.1) is 0 Å². The molecule has 0 radical (unpaired) electrons. The van der Waals surface area contributed by atoms with Crippen LogP contribution < -0.4 is 5.32 Å². The number of amides is 1. The Morgan fingerprint density at radius 2 is 1.96 bits per heavy atom. The van der Waals surface area contributed by atoms with E-state index in [1.807, 2.05) is 17.9 Å². The van der Waals surface area contributed by atoms with Gasteiger partial charge in [0.25, 0.3) is 0 Å². The predicted molar refractivity (Wildman–Crippen MR) is 94.5 cm³/mol. The highest BCUT2D eigenvalue weighted by Gasteiger charge is 2.20. The lowest BCUT2D eigenvalue weighted by atomic mass is 10.1. The fourth-order valence-corrected chi connectivity index (χ4v) is 2.82. The molecular formula is C18H27FN4O. The number of carbonyl (C=O) groups is 1. The molecule has 1 heterocycles. The molecule has 0 aliphatic carbocycles. The van der Waals surface area contributed by atoms with Crippen LogP contribution in [0.3, 0.4) is 0 Å². The summed E-state index contributed by atoms with van der Waals surface area (Å²) in [5.74, 6) is 0.847. The van der Waals surface area contributed by atoms with Crippen LogP contribution in [-0.4, -0.2) is 60.9 Å². The van der Waals surface area contributed by atoms with Crippen molar-refractivity contribution in [2.45, 2.75) is 26.7 Å². The standard InChI is InChI=1S/C18H27FN4O/c1-3-20-18(23-12-10-22(11-13-23)15(2)24)21-9-5-7-16-6-4-8-17(19)14-16/h4,6,8,14H,3,5,7,9-13H2,1-2H3,(H,20,21). The monoisotopic (exact) mass is 334 g/mol. The molecule has 0 atom stereocenters. The summed E-state index contributed by atoms with van der Waals surface area (Å²) in [5.41, 5.74) is 1.00. The van der Waals surface area contributed by atoms with Gasteiger partial charge in [-0.3, -0.25) is 9.79 Å². The first kappa shape index (κ1) is 18.2. The van der Waals surface area contributed by atoms with Gasteiger partial charge in [-0.2, -0.15) is 0 Å². The van der Waals surface area contributed by atoms with E-state index >= 15 is 0 Å². The predicted octanol–water partition coefficient (Wildman–Crippen LogP) is 1.89. The number of guanidine groups is 1. The maximum Gasteiger partial charge on any atom is 0.219 e. The van der Waals surface area contributed by atoms with Crippen molar-refractivity contribution in [2.75, 3.05) is 39.3 Å². The smallest absolute Gasteiger partial charge is 0.219 e. The quantitative estimate of drug-likeness (QED) is 0.508. The molecule has 1 aromatic rings. The first-order valence-corrected chi connectivity index (χ1v) is 8.63. The first-order valence-electron chi connectivity index (χ1n) is 8.63. The van der Waals surface area contributed by atoms with E-state index in [1.165, 1.54) is 6.07 Å². The van der Waals surface area contributed by atoms with Gasteiger partial charge >= 0.3 is 0 Å². The third kappa shape index (κ3) is 5.51. The van der Waals surface area contributed by atoms with Crippen molar-refractivity contribution in [3.8, 4) is 0 Å². The molecule has 0 unspecified atom stereocenters. The first-order chi connectivity index (χ1) is 11.6. The number of aryl methyl sites for hydroxylation is 1. The largest absolute Gasteiger partial charge is 0.357 e. The maximum absolute atomic E-state index is 13.2. The molecule has 1 aliphatic heterocycles. The van der Waals surface area contributed by atoms with Gasteiger partial charge in [0.15, 0.2) is 5.96 Å². The highest BCUT2D eigenvalue weighted by atomic mass is 19.1. The molecule has 132 valence electrons. The second-order valence-electron chi connectivity index (χ2n) is 5.96. The van der Waals surface area contributed by atoms with Gasteiger partial charge < -0.3 is 15.1 Å². The van der Waals surface area contributed by atoms with Gasteiger partial charge in [-0.1, -0.05) is 12.1 Å². The summed E-state index contributed by atoms with van der Waals surface area (Å²) < 4.78 is 13.2. The van der Waals surface area contributed by atoms with Gasteiger partial charge in [-0.05, 0) is 37.5 Å². The highest BCUT2D eigenvalue weighted by molar-refractivity contribution is 5.80. The topological polar surface area (TPSA) is 47.9 Å². The molecule has 1 N–H and O–H groups in total. The summed E-state index contributed by atoms with van der Waals surface area (Å²) in [4.78, 5) is 20.1. The molecule has 1 aliphatic rings. The van der Waals surface area contributed by atoms with Crippen LogP contribution in [0, 0.1) is 5.82 Å². The number of piperazine rings is 1. The number of nitrogens with zero attached hydrogens (tertiary/aromatic N) is 3. The zero-order chi connectivity index (χ0) is 17.4. The second-order valence-corrected chi connectivity index (χ2v) is 5.96. The van der Waals surface area contributed by atoms with E-state index in [9.17, 15) is 9.18 Å². The Labute approximate surface area is 143 Å². The van der Waals surface area contributed by atoms with Crippen molar-refractivity contribution in [1.29, 1.82) is 0 Å². The summed E-state index contributed by atoms with van der Waals surface area (Å²) in [6, 6.07) is 6.73. The number of benzene rings is 1. The molecule has 1 fully saturated rings. The van der Waals surface area contributed by atoms with E-state index < -0.39 is 0 Å². The number of hydrogen-bond donors (Lipinski definition) is 1. The van der Waals surface area contributed by atoms with Crippen LogP contribution in [0.5, 0.6) is 0 Å². The summed E-state index contributed by atoms with van der Waals surface area (Å²) in [6.07, 6.45) is 1.70. The molecule has 6 heteroatoms. The number of aliphatic imine (C=N–C) groups is 1. The van der Waals surface area contributed by atoms with Crippen molar-refractivity contribution in [3.05, 3.63) is 35.6 Å². The van der Waals surface area contributed by atoms with Crippen LogP contribution in [-0.2, 0) is 11.2 Å². The number of hydrogen-bond acceptors (Lipinski definition) is 2. The fourth-order valence-electron chi connectivity index (χ4n) is 2.82. The van der Waals surface area contributed by atoms with Crippen LogP contribution in [0.4, 0.5) is 4.39 Å². The minimum absolute atomic E-state index is 0.131. The zero-order valence-corrected chi connectivity index (χ0v) is 14.6. The van der Waals surface area contributed by atoms with Crippen molar-refractivity contribution < 1.29 is 9.18 Å². The fraction of sp³-hybridized carbons (Fsp3) is 0.556. The van der Waals surface area contributed by atoms with Gasteiger partial charge in [-0.15, -0.1) is 0 Å². The van der Waals surface area contributed by atoms with Crippen LogP contribution >= 0.6 is 0 Å². The Kier molecular flexibility index (Phi) is 7.03. The molecule has 0 bridgehead atoms. The zero-order valence-electron chi connectivity index (χ0n) is 14.6. The van der Waals surface area contributed by atoms with Crippen molar-refractivity contribution >= 4 is 11.9 Å². The summed E-state index contributed by atoms with van der Waals surface area (Å²) in [6.45, 7) is 8.26. The second kappa shape index (κ2) is 9.25. The lowest BCUT2D eigenvalue weighted by molar-refractivity contribution is -0.130. The number of nitrogens with one attached hydrogen (secondary N) is 1. The molecule has 0 spiro atoms. The lowest BCUT2D eigenvalue weighted by Crippen LogP contribution is -2.53. The number of halogens is 1. The molecule has 5 nitrogen and oxygen atoms in total. The SMILES string of the molecule is CCNC(=NCCCc1cccc(F)c1)N1CCN(C(C)=O)CC1. The summed E-state index contributed by atoms with van der Waals surface area (Å²) in [7, 11) is 0. The van der Waals surface area contributed by atoms with E-state index in [0.717, 1.165) is 57.1 Å². The van der Waals surface area contributed by atoms with E-state index in [0.29, 0.717) is 6.54 Å². The summed E-state index contributed by atoms with van der Waals surface area (Å²) >= 11 is 0. The van der Waals surface area contributed by atoms with Crippen LogP contribution in [0.25, 0.3) is 0 Å². The minimum Gasteiger partial charge on any atom is -0.357 e. The molecule has 2 rings (SSSR count). The third-order valence-electron chi connectivity index (χ3n) is 4.13. The average molecular weight is 334 g/mol. The maximum atomic E-state index is 13.2. The Morgan fingerprint density at radius 3 is 2.58 bits per heavy atom. The van der Waals surface area contributed by atoms with Gasteiger partial charge in [-0.25, -0.2) is 4.39 Å². The summed E-state index contributed by atoms with van der Waals surface area (Å²) in [5, 5.41) is 3.32. The van der Waals surface area contributed by atoms with E-state index in [4.69, 9.17) is 0 Å². The lowest BCUT2D eigenvalue weighted by Gasteiger charge is -2.36. The third-order valence-corrected chi connectivity index (χ3v) is 4.13. The average Bonchev–Trinajstić information content (AvgIpc) is 2.58. The Morgan fingerprint density at radius 1 is 1.25 bits per heavy atom. The Balaban J connectivity index is 1.83. The molecule has 1 amide bonds. The van der Waals surface area contributed by atoms with Crippen molar-refractivity contribution in [1.82, 2.24) is 15.1 Å². The van der Waals surface area contributed by atoms with E-state index in [-0.39, 0.29) is 11.7 Å². The van der Waals surface area contributed by atoms with Crippen molar-refractivity contribution in [2.24, 2.45) is 4.99 Å². The van der Waals surface area contributed by atoms with E-state index in [1.54, 1.807) is 19.1 Å². The van der Waals surface area contributed by atoms with Crippen LogP contribution in [0.2, 0.25) is 0 Å². The van der Waals surface area contributed by atoms with Gasteiger partial charge in [0, 0.05) is 46.2 Å². The van der Waals surface area contributed by atoms with Gasteiger partial charge in [0.1, 0.15) is 5.82 Å². The molecular weight excluding hydrogens is 307 g/mol. The number of carbonyl (C=O) groups excluding carboxylic acids is 1. The molecule has 1 aromatic carbocycles. The Hall–Kier alpha value is -2.11. The van der Waals surface area contributed by atoms with Gasteiger partial charge in [0.2, 0.25) is 5.91 Å². The van der Waals surface area contributed by atoms with Crippen molar-refractivity contribution in [3.63, 3.8) is 0 Å². The van der Waals surface area contributed by atoms with Crippen LogP contribution in [0.1, 0.15) is 25.8 Å². The number of rotatable bonds is 5.